The fourth-order valence-corrected chi connectivity index (χ4v) is 2.39. The second kappa shape index (κ2) is 4.59. The van der Waals surface area contributed by atoms with E-state index >= 15 is 0 Å². The fraction of sp³-hybridized carbons (Fsp3) is 0.0714. The Morgan fingerprint density at radius 1 is 1.26 bits per heavy atom. The second-order valence-electron chi connectivity index (χ2n) is 4.10. The van der Waals surface area contributed by atoms with Crippen molar-refractivity contribution in [3.8, 4) is 17.2 Å². The van der Waals surface area contributed by atoms with Crippen LogP contribution >= 0.6 is 15.9 Å². The molecule has 0 aliphatic rings. The summed E-state index contributed by atoms with van der Waals surface area (Å²) in [5, 5.41) is 0. The molecule has 96 valence electrons. The zero-order valence-corrected chi connectivity index (χ0v) is 11.8. The molecule has 5 heteroatoms. The fourth-order valence-electron chi connectivity index (χ4n) is 1.88. The molecule has 2 aromatic carbocycles. The van der Waals surface area contributed by atoms with E-state index < -0.39 is 0 Å². The van der Waals surface area contributed by atoms with Crippen LogP contribution in [0.15, 0.2) is 45.3 Å². The monoisotopic (exact) mass is 318 g/mol. The molecule has 0 atom stereocenters. The summed E-state index contributed by atoms with van der Waals surface area (Å²) in [7, 11) is 1.62. The standard InChI is InChI=1S/C14H11BrN2O2/c1-18-10-6-11(15)13-12(7-10)17-14(19-13)8-3-2-4-9(16)5-8/h2-7H,16H2,1H3. The maximum absolute atomic E-state index is 5.77. The van der Waals surface area contributed by atoms with Crippen molar-refractivity contribution in [2.45, 2.75) is 0 Å². The Bertz CT molecular complexity index is 752. The van der Waals surface area contributed by atoms with Crippen molar-refractivity contribution in [2.75, 3.05) is 12.8 Å². The molecule has 4 nitrogen and oxygen atoms in total. The van der Waals surface area contributed by atoms with Crippen LogP contribution in [0.4, 0.5) is 5.69 Å². The molecule has 1 heterocycles. The highest BCUT2D eigenvalue weighted by atomic mass is 79.9. The molecule has 1 aromatic heterocycles. The van der Waals surface area contributed by atoms with Gasteiger partial charge in [-0.05, 0) is 40.2 Å². The molecular formula is C14H11BrN2O2. The molecule has 0 spiro atoms. The summed E-state index contributed by atoms with van der Waals surface area (Å²) in [5.41, 5.74) is 8.73. The molecule has 19 heavy (non-hydrogen) atoms. The van der Waals surface area contributed by atoms with Crippen LogP contribution in [0.1, 0.15) is 0 Å². The third kappa shape index (κ3) is 2.17. The molecule has 3 aromatic rings. The Morgan fingerprint density at radius 3 is 2.84 bits per heavy atom. The highest BCUT2D eigenvalue weighted by Crippen LogP contribution is 2.33. The van der Waals surface area contributed by atoms with Gasteiger partial charge < -0.3 is 14.9 Å². The molecule has 0 amide bonds. The van der Waals surface area contributed by atoms with E-state index in [0.717, 1.165) is 21.3 Å². The first kappa shape index (κ1) is 12.0. The number of ether oxygens (including phenoxy) is 1. The van der Waals surface area contributed by atoms with Crippen LogP contribution in [0.3, 0.4) is 0 Å². The van der Waals surface area contributed by atoms with Crippen molar-refractivity contribution >= 4 is 32.7 Å². The van der Waals surface area contributed by atoms with E-state index in [1.165, 1.54) is 0 Å². The Hall–Kier alpha value is -2.01. The van der Waals surface area contributed by atoms with Gasteiger partial charge >= 0.3 is 0 Å². The van der Waals surface area contributed by atoms with Gasteiger partial charge in [-0.3, -0.25) is 0 Å². The molecule has 0 radical (unpaired) electrons. The second-order valence-corrected chi connectivity index (χ2v) is 4.96. The minimum atomic E-state index is 0.538. The van der Waals surface area contributed by atoms with E-state index in [9.17, 15) is 0 Å². The lowest BCUT2D eigenvalue weighted by atomic mass is 10.2. The van der Waals surface area contributed by atoms with Gasteiger partial charge in [-0.25, -0.2) is 4.98 Å². The summed E-state index contributed by atoms with van der Waals surface area (Å²) in [4.78, 5) is 4.46. The molecular weight excluding hydrogens is 308 g/mol. The van der Waals surface area contributed by atoms with E-state index in [1.54, 1.807) is 7.11 Å². The van der Waals surface area contributed by atoms with Gasteiger partial charge in [0.1, 0.15) is 11.3 Å². The third-order valence-corrected chi connectivity index (χ3v) is 3.38. The predicted octanol–water partition coefficient (Wildman–Crippen LogP) is 3.85. The summed E-state index contributed by atoms with van der Waals surface area (Å²) in [6, 6.07) is 11.1. The number of fused-ring (bicyclic) bond motifs is 1. The SMILES string of the molecule is COc1cc(Br)c2oc(-c3cccc(N)c3)nc2c1. The number of nitrogen functional groups attached to an aromatic ring is 1. The zero-order valence-electron chi connectivity index (χ0n) is 10.2. The molecule has 0 bridgehead atoms. The van der Waals surface area contributed by atoms with Gasteiger partial charge in [0.25, 0.3) is 0 Å². The number of benzene rings is 2. The van der Waals surface area contributed by atoms with Gasteiger partial charge in [0.05, 0.1) is 11.6 Å². The zero-order chi connectivity index (χ0) is 13.4. The number of anilines is 1. The Kier molecular flexibility index (Phi) is 2.91. The van der Waals surface area contributed by atoms with Crippen molar-refractivity contribution in [2.24, 2.45) is 0 Å². The summed E-state index contributed by atoms with van der Waals surface area (Å²) in [6.07, 6.45) is 0. The molecule has 3 rings (SSSR count). The van der Waals surface area contributed by atoms with Gasteiger partial charge in [-0.2, -0.15) is 0 Å². The van der Waals surface area contributed by atoms with Gasteiger partial charge in [-0.15, -0.1) is 0 Å². The molecule has 0 aliphatic heterocycles. The first-order chi connectivity index (χ1) is 9.17. The van der Waals surface area contributed by atoms with Crippen LogP contribution in [0.25, 0.3) is 22.6 Å². The number of halogens is 1. The first-order valence-electron chi connectivity index (χ1n) is 5.67. The summed E-state index contributed by atoms with van der Waals surface area (Å²) >= 11 is 3.45. The lowest BCUT2D eigenvalue weighted by Gasteiger charge is -1.98. The van der Waals surface area contributed by atoms with Crippen LogP contribution in [-0.4, -0.2) is 12.1 Å². The van der Waals surface area contributed by atoms with Crippen LogP contribution < -0.4 is 10.5 Å². The van der Waals surface area contributed by atoms with Gasteiger partial charge in [0.2, 0.25) is 5.89 Å². The topological polar surface area (TPSA) is 61.3 Å². The molecule has 0 saturated carbocycles. The highest BCUT2D eigenvalue weighted by Gasteiger charge is 2.12. The van der Waals surface area contributed by atoms with Crippen molar-refractivity contribution in [3.05, 3.63) is 40.9 Å². The van der Waals surface area contributed by atoms with Crippen LogP contribution in [0, 0.1) is 0 Å². The number of hydrogen-bond donors (Lipinski definition) is 1. The van der Waals surface area contributed by atoms with Gasteiger partial charge in [0, 0.05) is 17.3 Å². The van der Waals surface area contributed by atoms with Crippen LogP contribution in [-0.2, 0) is 0 Å². The largest absolute Gasteiger partial charge is 0.497 e. The Morgan fingerprint density at radius 2 is 2.11 bits per heavy atom. The third-order valence-electron chi connectivity index (χ3n) is 2.79. The van der Waals surface area contributed by atoms with Gasteiger partial charge in [0.15, 0.2) is 5.58 Å². The maximum Gasteiger partial charge on any atom is 0.227 e. The maximum atomic E-state index is 5.77. The summed E-state index contributed by atoms with van der Waals surface area (Å²) in [6.45, 7) is 0. The number of aromatic nitrogens is 1. The molecule has 0 saturated heterocycles. The van der Waals surface area contributed by atoms with E-state index in [2.05, 4.69) is 20.9 Å². The van der Waals surface area contributed by atoms with Crippen LogP contribution in [0.5, 0.6) is 5.75 Å². The smallest absolute Gasteiger partial charge is 0.227 e. The quantitative estimate of drug-likeness (QED) is 0.729. The number of oxazole rings is 1. The molecule has 0 aliphatic carbocycles. The van der Waals surface area contributed by atoms with E-state index in [4.69, 9.17) is 14.9 Å². The lowest BCUT2D eigenvalue weighted by Crippen LogP contribution is -1.84. The van der Waals surface area contributed by atoms with E-state index in [-0.39, 0.29) is 0 Å². The number of nitrogens with two attached hydrogens (primary N) is 1. The Balaban J connectivity index is 2.19. The van der Waals surface area contributed by atoms with Crippen LogP contribution in [0.2, 0.25) is 0 Å². The first-order valence-corrected chi connectivity index (χ1v) is 6.46. The summed E-state index contributed by atoms with van der Waals surface area (Å²) in [5.74, 6) is 1.27. The van der Waals surface area contributed by atoms with Crippen molar-refractivity contribution in [3.63, 3.8) is 0 Å². The predicted molar refractivity (Wildman–Crippen MR) is 78.1 cm³/mol. The number of rotatable bonds is 2. The Labute approximate surface area is 118 Å². The number of methoxy groups -OCH3 is 1. The highest BCUT2D eigenvalue weighted by molar-refractivity contribution is 9.10. The average Bonchev–Trinajstić information content (AvgIpc) is 2.83. The molecule has 0 fully saturated rings. The van der Waals surface area contributed by atoms with Gasteiger partial charge in [-0.1, -0.05) is 6.07 Å². The van der Waals surface area contributed by atoms with Crippen molar-refractivity contribution < 1.29 is 9.15 Å². The molecule has 2 N–H and O–H groups in total. The average molecular weight is 319 g/mol. The van der Waals surface area contributed by atoms with Crippen molar-refractivity contribution in [1.82, 2.24) is 4.98 Å². The molecule has 0 unspecified atom stereocenters. The summed E-state index contributed by atoms with van der Waals surface area (Å²) < 4.78 is 11.8. The minimum Gasteiger partial charge on any atom is -0.497 e. The lowest BCUT2D eigenvalue weighted by molar-refractivity contribution is 0.415. The van der Waals surface area contributed by atoms with Crippen molar-refractivity contribution in [1.29, 1.82) is 0 Å². The normalized spacial score (nSPS) is 10.8. The number of hydrogen-bond acceptors (Lipinski definition) is 4. The minimum absolute atomic E-state index is 0.538. The van der Waals surface area contributed by atoms with E-state index in [0.29, 0.717) is 17.2 Å². The number of nitrogens with zero attached hydrogens (tertiary/aromatic N) is 1. The van der Waals surface area contributed by atoms with E-state index in [1.807, 2.05) is 36.4 Å².